The van der Waals surface area contributed by atoms with E-state index < -0.39 is 0 Å². The van der Waals surface area contributed by atoms with Crippen LogP contribution in [0.25, 0.3) is 5.65 Å². The third-order valence-corrected chi connectivity index (χ3v) is 3.53. The number of hydrogen-bond acceptors (Lipinski definition) is 3. The molecule has 82 valence electrons. The van der Waals surface area contributed by atoms with E-state index in [0.717, 1.165) is 24.7 Å². The minimum atomic E-state index is 0.717. The highest BCUT2D eigenvalue weighted by Gasteiger charge is 2.27. The van der Waals surface area contributed by atoms with Gasteiger partial charge in [-0.2, -0.15) is 5.10 Å². The molecule has 3 heterocycles. The van der Waals surface area contributed by atoms with Gasteiger partial charge in [-0.05, 0) is 26.0 Å². The van der Waals surface area contributed by atoms with Gasteiger partial charge in [0.05, 0.1) is 5.69 Å². The van der Waals surface area contributed by atoms with Crippen LogP contribution in [0.2, 0.25) is 0 Å². The first-order valence-electron chi connectivity index (χ1n) is 5.87. The Bertz CT molecular complexity index is 568. The summed E-state index contributed by atoms with van der Waals surface area (Å²) in [6.07, 6.45) is 4.67. The van der Waals surface area contributed by atoms with Crippen molar-refractivity contribution in [3.8, 4) is 0 Å². The van der Waals surface area contributed by atoms with Crippen molar-refractivity contribution in [2.24, 2.45) is 0 Å². The molecular weight excluding hydrogens is 200 g/mol. The molecule has 0 radical (unpaired) electrons. The van der Waals surface area contributed by atoms with Crippen molar-refractivity contribution in [2.75, 3.05) is 7.05 Å². The monoisotopic (exact) mass is 214 g/mol. The molecule has 4 heteroatoms. The Morgan fingerprint density at radius 3 is 3.00 bits per heavy atom. The van der Waals surface area contributed by atoms with Crippen molar-refractivity contribution in [1.29, 1.82) is 0 Å². The Morgan fingerprint density at radius 1 is 1.31 bits per heavy atom. The summed E-state index contributed by atoms with van der Waals surface area (Å²) in [4.78, 5) is 7.06. The first-order chi connectivity index (χ1) is 7.81. The van der Waals surface area contributed by atoms with E-state index >= 15 is 0 Å². The van der Waals surface area contributed by atoms with Crippen molar-refractivity contribution in [2.45, 2.75) is 31.8 Å². The first-order valence-corrected chi connectivity index (χ1v) is 5.87. The minimum absolute atomic E-state index is 0.717. The van der Waals surface area contributed by atoms with Gasteiger partial charge in [-0.25, -0.2) is 9.50 Å². The number of aromatic nitrogens is 3. The van der Waals surface area contributed by atoms with Gasteiger partial charge in [-0.15, -0.1) is 0 Å². The summed E-state index contributed by atoms with van der Waals surface area (Å²) in [6, 6.07) is 2.12. The summed E-state index contributed by atoms with van der Waals surface area (Å²) in [6.45, 7) is 1.94. The fourth-order valence-electron chi connectivity index (χ4n) is 2.51. The van der Waals surface area contributed by atoms with E-state index in [1.54, 1.807) is 0 Å². The Hall–Kier alpha value is -1.42. The van der Waals surface area contributed by atoms with E-state index in [9.17, 15) is 0 Å². The predicted molar refractivity (Wildman–Crippen MR) is 60.1 cm³/mol. The third-order valence-electron chi connectivity index (χ3n) is 3.53. The zero-order valence-corrected chi connectivity index (χ0v) is 9.35. The normalized spacial score (nSPS) is 20.6. The Kier molecular flexibility index (Phi) is 1.54. The summed E-state index contributed by atoms with van der Waals surface area (Å²) < 4.78 is 1.93. The first kappa shape index (κ1) is 8.70. The molecule has 4 rings (SSSR count). The molecule has 2 aromatic rings. The molecule has 0 amide bonds. The van der Waals surface area contributed by atoms with Gasteiger partial charge in [0.1, 0.15) is 0 Å². The topological polar surface area (TPSA) is 33.4 Å². The Morgan fingerprint density at radius 2 is 2.19 bits per heavy atom. The second-order valence-corrected chi connectivity index (χ2v) is 4.99. The highest BCUT2D eigenvalue weighted by atomic mass is 15.3. The molecule has 0 saturated heterocycles. The number of nitrogens with zero attached hydrogens (tertiary/aromatic N) is 4. The van der Waals surface area contributed by atoms with Gasteiger partial charge in [-0.1, -0.05) is 0 Å². The van der Waals surface area contributed by atoms with Crippen molar-refractivity contribution < 1.29 is 0 Å². The van der Waals surface area contributed by atoms with Crippen LogP contribution in [0.15, 0.2) is 12.3 Å². The van der Waals surface area contributed by atoms with Crippen molar-refractivity contribution in [3.63, 3.8) is 0 Å². The van der Waals surface area contributed by atoms with Gasteiger partial charge >= 0.3 is 0 Å². The summed E-state index contributed by atoms with van der Waals surface area (Å²) in [5, 5.41) is 4.58. The summed E-state index contributed by atoms with van der Waals surface area (Å²) in [7, 11) is 2.13. The minimum Gasteiger partial charge on any atom is -0.296 e. The van der Waals surface area contributed by atoms with E-state index in [0.29, 0.717) is 0 Å². The van der Waals surface area contributed by atoms with Crippen LogP contribution in [-0.4, -0.2) is 26.5 Å². The average molecular weight is 214 g/mol. The Labute approximate surface area is 93.9 Å². The summed E-state index contributed by atoms with van der Waals surface area (Å²) >= 11 is 0. The van der Waals surface area contributed by atoms with Crippen LogP contribution >= 0.6 is 0 Å². The van der Waals surface area contributed by atoms with Crippen molar-refractivity contribution in [3.05, 3.63) is 29.2 Å². The maximum atomic E-state index is 4.78. The molecule has 2 aromatic heterocycles. The van der Waals surface area contributed by atoms with Crippen LogP contribution in [0.4, 0.5) is 0 Å². The smallest absolute Gasteiger partial charge is 0.160 e. The molecule has 1 fully saturated rings. The molecule has 4 nitrogen and oxygen atoms in total. The van der Waals surface area contributed by atoms with Crippen molar-refractivity contribution in [1.82, 2.24) is 19.5 Å². The van der Waals surface area contributed by atoms with Crippen LogP contribution in [0.3, 0.4) is 0 Å². The molecule has 1 aliphatic carbocycles. The quantitative estimate of drug-likeness (QED) is 0.722. The molecule has 0 N–H and O–H groups in total. The average Bonchev–Trinajstić information content (AvgIpc) is 2.97. The fraction of sp³-hybridized carbons (Fsp3) is 0.500. The second-order valence-electron chi connectivity index (χ2n) is 4.99. The van der Waals surface area contributed by atoms with Crippen LogP contribution in [0, 0.1) is 0 Å². The fourth-order valence-corrected chi connectivity index (χ4v) is 2.51. The molecule has 0 atom stereocenters. The van der Waals surface area contributed by atoms with Gasteiger partial charge in [0.2, 0.25) is 0 Å². The van der Waals surface area contributed by atoms with Crippen LogP contribution in [-0.2, 0) is 13.1 Å². The van der Waals surface area contributed by atoms with Gasteiger partial charge in [-0.3, -0.25) is 4.90 Å². The standard InChI is InChI=1S/C12H14N4/c1-15-6-9-11(7-15)14-16-5-4-10(8-2-3-8)13-12(9)16/h4-5,8H,2-3,6-7H2,1H3. The second kappa shape index (κ2) is 2.83. The van der Waals surface area contributed by atoms with Gasteiger partial charge < -0.3 is 0 Å². The van der Waals surface area contributed by atoms with E-state index in [4.69, 9.17) is 4.98 Å². The third kappa shape index (κ3) is 1.13. The maximum absolute atomic E-state index is 4.78. The van der Waals surface area contributed by atoms with Crippen LogP contribution in [0.5, 0.6) is 0 Å². The molecule has 0 spiro atoms. The van der Waals surface area contributed by atoms with Crippen LogP contribution < -0.4 is 0 Å². The number of fused-ring (bicyclic) bond motifs is 3. The largest absolute Gasteiger partial charge is 0.296 e. The zero-order valence-electron chi connectivity index (χ0n) is 9.35. The van der Waals surface area contributed by atoms with Gasteiger partial charge in [0.15, 0.2) is 5.65 Å². The lowest BCUT2D eigenvalue weighted by Gasteiger charge is -2.05. The zero-order chi connectivity index (χ0) is 10.7. The SMILES string of the molecule is CN1Cc2nn3ccc(C4CC4)nc3c2C1. The van der Waals surface area contributed by atoms with Gasteiger partial charge in [0, 0.05) is 36.5 Å². The summed E-state index contributed by atoms with van der Waals surface area (Å²) in [5.41, 5.74) is 4.85. The number of rotatable bonds is 1. The lowest BCUT2D eigenvalue weighted by atomic mass is 10.2. The molecule has 16 heavy (non-hydrogen) atoms. The molecule has 0 aromatic carbocycles. The van der Waals surface area contributed by atoms with Gasteiger partial charge in [0.25, 0.3) is 0 Å². The lowest BCUT2D eigenvalue weighted by Crippen LogP contribution is -2.10. The Balaban J connectivity index is 1.92. The maximum Gasteiger partial charge on any atom is 0.160 e. The highest BCUT2D eigenvalue weighted by Crippen LogP contribution is 2.39. The molecule has 2 aliphatic rings. The number of hydrogen-bond donors (Lipinski definition) is 0. The highest BCUT2D eigenvalue weighted by molar-refractivity contribution is 5.52. The summed E-state index contributed by atoms with van der Waals surface area (Å²) in [5.74, 6) is 0.717. The van der Waals surface area contributed by atoms with E-state index in [1.807, 2.05) is 4.52 Å². The van der Waals surface area contributed by atoms with E-state index in [1.165, 1.54) is 29.8 Å². The molecule has 1 saturated carbocycles. The molecule has 1 aliphatic heterocycles. The molecule has 0 unspecified atom stereocenters. The van der Waals surface area contributed by atoms with E-state index in [-0.39, 0.29) is 0 Å². The van der Waals surface area contributed by atoms with E-state index in [2.05, 4.69) is 29.3 Å². The molecular formula is C12H14N4. The van der Waals surface area contributed by atoms with Crippen LogP contribution in [0.1, 0.15) is 35.7 Å². The predicted octanol–water partition coefficient (Wildman–Crippen LogP) is 1.55. The molecule has 0 bridgehead atoms. The van der Waals surface area contributed by atoms with Crippen molar-refractivity contribution >= 4 is 5.65 Å². The lowest BCUT2D eigenvalue weighted by molar-refractivity contribution is 0.348.